The zero-order valence-electron chi connectivity index (χ0n) is 10.2. The number of halogens is 2. The van der Waals surface area contributed by atoms with E-state index in [1.54, 1.807) is 18.2 Å². The molecule has 17 heavy (non-hydrogen) atoms. The van der Waals surface area contributed by atoms with Gasteiger partial charge in [0.15, 0.2) is 0 Å². The molecule has 0 saturated heterocycles. The average Bonchev–Trinajstić information content (AvgIpc) is 2.29. The van der Waals surface area contributed by atoms with E-state index in [1.165, 1.54) is 24.3 Å². The summed E-state index contributed by atoms with van der Waals surface area (Å²) in [5, 5.41) is -0.518. The monoisotopic (exact) mass is 254 g/mol. The Labute approximate surface area is 107 Å². The van der Waals surface area contributed by atoms with Crippen molar-refractivity contribution in [2.24, 2.45) is 0 Å². The summed E-state index contributed by atoms with van der Waals surface area (Å²) in [6, 6.07) is 4.52. The number of allylic oxidation sites excluding steroid dienone is 3. The minimum Gasteiger partial charge on any atom is -0.276 e. The molecule has 92 valence electrons. The van der Waals surface area contributed by atoms with Crippen molar-refractivity contribution in [3.8, 4) is 0 Å². The molecule has 1 aromatic carbocycles. The first-order valence-corrected chi connectivity index (χ1v) is 5.78. The predicted octanol–water partition coefficient (Wildman–Crippen LogP) is 4.50. The molecule has 0 atom stereocenters. The fourth-order valence-corrected chi connectivity index (χ4v) is 1.19. The van der Waals surface area contributed by atoms with Crippen LogP contribution in [0.5, 0.6) is 0 Å². The lowest BCUT2D eigenvalue weighted by atomic mass is 10.1. The summed E-state index contributed by atoms with van der Waals surface area (Å²) in [5.74, 6) is -0.254. The smallest absolute Gasteiger partial charge is 0.245 e. The second-order valence-electron chi connectivity index (χ2n) is 3.02. The molecule has 0 saturated carbocycles. The van der Waals surface area contributed by atoms with Gasteiger partial charge in [-0.2, -0.15) is 0 Å². The summed E-state index contributed by atoms with van der Waals surface area (Å²) in [7, 11) is 0. The number of benzene rings is 1. The maximum atomic E-state index is 12.7. The van der Waals surface area contributed by atoms with E-state index in [1.807, 2.05) is 20.8 Å². The number of carbonyl (C=O) groups is 1. The van der Waals surface area contributed by atoms with Crippen LogP contribution >= 0.6 is 11.6 Å². The zero-order chi connectivity index (χ0) is 13.3. The van der Waals surface area contributed by atoms with Crippen molar-refractivity contribution in [1.82, 2.24) is 0 Å². The van der Waals surface area contributed by atoms with Crippen LogP contribution in [0.4, 0.5) is 4.39 Å². The van der Waals surface area contributed by atoms with E-state index in [2.05, 4.69) is 0 Å². The van der Waals surface area contributed by atoms with Crippen molar-refractivity contribution in [2.45, 2.75) is 20.8 Å². The zero-order valence-corrected chi connectivity index (χ0v) is 11.0. The molecule has 1 nitrogen and oxygen atoms in total. The quantitative estimate of drug-likeness (QED) is 0.441. The average molecular weight is 255 g/mol. The van der Waals surface area contributed by atoms with Gasteiger partial charge in [0.05, 0.1) is 0 Å². The molecular formula is C14H16ClFO. The van der Waals surface area contributed by atoms with Crippen LogP contribution in [-0.4, -0.2) is 5.24 Å². The van der Waals surface area contributed by atoms with Crippen molar-refractivity contribution in [2.75, 3.05) is 0 Å². The topological polar surface area (TPSA) is 17.1 Å². The Bertz CT molecular complexity index is 422. The number of aryl methyl sites for hydroxylation is 1. The summed E-state index contributed by atoms with van der Waals surface area (Å²) in [6.45, 7) is 5.82. The number of carbonyl (C=O) groups excluding carboxylic acids is 1. The van der Waals surface area contributed by atoms with Crippen LogP contribution in [-0.2, 0) is 4.79 Å². The number of hydrogen-bond donors (Lipinski definition) is 0. The van der Waals surface area contributed by atoms with Gasteiger partial charge in [0.2, 0.25) is 5.24 Å². The molecule has 0 heterocycles. The Morgan fingerprint density at radius 3 is 2.47 bits per heavy atom. The number of hydrogen-bond acceptors (Lipinski definition) is 1. The maximum Gasteiger partial charge on any atom is 0.245 e. The van der Waals surface area contributed by atoms with E-state index in [0.29, 0.717) is 0 Å². The third kappa shape index (κ3) is 6.69. The molecule has 3 heteroatoms. The van der Waals surface area contributed by atoms with Gasteiger partial charge >= 0.3 is 0 Å². The fourth-order valence-electron chi connectivity index (χ4n) is 1.12. The first-order valence-electron chi connectivity index (χ1n) is 5.40. The van der Waals surface area contributed by atoms with E-state index < -0.39 is 5.24 Å². The largest absolute Gasteiger partial charge is 0.276 e. The first-order chi connectivity index (χ1) is 8.09. The highest BCUT2D eigenvalue weighted by Gasteiger charge is 1.95. The summed E-state index contributed by atoms with van der Waals surface area (Å²) in [4.78, 5) is 10.4. The minimum absolute atomic E-state index is 0.254. The van der Waals surface area contributed by atoms with Gasteiger partial charge in [-0.15, -0.1) is 0 Å². The van der Waals surface area contributed by atoms with Crippen molar-refractivity contribution in [1.29, 1.82) is 0 Å². The molecule has 0 unspecified atom stereocenters. The van der Waals surface area contributed by atoms with Gasteiger partial charge < -0.3 is 0 Å². The Hall–Kier alpha value is -1.41. The Kier molecular flexibility index (Phi) is 7.99. The number of rotatable bonds is 3. The first kappa shape index (κ1) is 15.6. The lowest BCUT2D eigenvalue weighted by molar-refractivity contribution is -0.107. The highest BCUT2D eigenvalue weighted by Crippen LogP contribution is 2.11. The maximum absolute atomic E-state index is 12.7. The van der Waals surface area contributed by atoms with Gasteiger partial charge in [-0.25, -0.2) is 4.39 Å². The van der Waals surface area contributed by atoms with Gasteiger partial charge in [0.25, 0.3) is 0 Å². The normalized spacial score (nSPS) is 10.4. The second-order valence-corrected chi connectivity index (χ2v) is 3.40. The Morgan fingerprint density at radius 2 is 1.94 bits per heavy atom. The summed E-state index contributed by atoms with van der Waals surface area (Å²) in [5.41, 5.74) is 1.75. The highest BCUT2D eigenvalue weighted by atomic mass is 35.5. The van der Waals surface area contributed by atoms with Crippen LogP contribution < -0.4 is 0 Å². The van der Waals surface area contributed by atoms with Gasteiger partial charge in [-0.05, 0) is 47.9 Å². The molecule has 0 fully saturated rings. The molecule has 0 aliphatic carbocycles. The van der Waals surface area contributed by atoms with E-state index in [-0.39, 0.29) is 5.82 Å². The Balaban J connectivity index is 0.00000121. The summed E-state index contributed by atoms with van der Waals surface area (Å²) in [6.07, 6.45) is 6.25. The van der Waals surface area contributed by atoms with E-state index >= 15 is 0 Å². The fraction of sp³-hybridized carbons (Fsp3) is 0.214. The molecule has 1 rings (SSSR count). The van der Waals surface area contributed by atoms with Crippen LogP contribution in [0.25, 0.3) is 6.08 Å². The molecule has 0 aliphatic heterocycles. The summed E-state index contributed by atoms with van der Waals surface area (Å²) >= 11 is 5.10. The summed E-state index contributed by atoms with van der Waals surface area (Å²) < 4.78 is 12.7. The molecular weight excluding hydrogens is 239 g/mol. The minimum atomic E-state index is -0.518. The van der Waals surface area contributed by atoms with Crippen molar-refractivity contribution in [3.63, 3.8) is 0 Å². The predicted molar refractivity (Wildman–Crippen MR) is 71.5 cm³/mol. The molecule has 0 aromatic heterocycles. The third-order valence-corrected chi connectivity index (χ3v) is 1.97. The van der Waals surface area contributed by atoms with Crippen LogP contribution in [0.3, 0.4) is 0 Å². The molecule has 0 N–H and O–H groups in total. The third-order valence-electron chi connectivity index (χ3n) is 1.85. The van der Waals surface area contributed by atoms with Crippen LogP contribution in [0, 0.1) is 12.7 Å². The van der Waals surface area contributed by atoms with E-state index in [0.717, 1.165) is 11.1 Å². The molecule has 0 aliphatic rings. The van der Waals surface area contributed by atoms with Gasteiger partial charge in [0.1, 0.15) is 5.82 Å². The van der Waals surface area contributed by atoms with Crippen molar-refractivity contribution >= 4 is 22.9 Å². The molecule has 0 bridgehead atoms. The molecule has 1 aromatic rings. The second kappa shape index (κ2) is 8.71. The lowest BCUT2D eigenvalue weighted by Gasteiger charge is -1.98. The van der Waals surface area contributed by atoms with Gasteiger partial charge in [-0.1, -0.05) is 38.1 Å². The lowest BCUT2D eigenvalue weighted by Crippen LogP contribution is -1.82. The van der Waals surface area contributed by atoms with Crippen LogP contribution in [0.2, 0.25) is 0 Å². The van der Waals surface area contributed by atoms with Crippen LogP contribution in [0.1, 0.15) is 25.0 Å². The van der Waals surface area contributed by atoms with Crippen molar-refractivity contribution < 1.29 is 9.18 Å². The van der Waals surface area contributed by atoms with E-state index in [9.17, 15) is 9.18 Å². The molecule has 0 amide bonds. The standard InChI is InChI=1S/C12H10ClFO.C2H6/c1-9-8-11(14)7-6-10(9)4-2-3-5-12(13)15;1-2/h2-8H,1H3;1-2H3/b4-2+,5-3+;. The van der Waals surface area contributed by atoms with Crippen LogP contribution in [0.15, 0.2) is 36.4 Å². The molecule has 0 radical (unpaired) electrons. The van der Waals surface area contributed by atoms with Gasteiger partial charge in [-0.3, -0.25) is 4.79 Å². The SMILES string of the molecule is CC.Cc1cc(F)ccc1/C=C/C=C/C(=O)Cl. The van der Waals surface area contributed by atoms with Gasteiger partial charge in [0, 0.05) is 0 Å². The van der Waals surface area contributed by atoms with Crippen molar-refractivity contribution in [3.05, 3.63) is 53.4 Å². The molecule has 0 spiro atoms. The Morgan fingerprint density at radius 1 is 1.29 bits per heavy atom. The highest BCUT2D eigenvalue weighted by molar-refractivity contribution is 6.66. The van der Waals surface area contributed by atoms with E-state index in [4.69, 9.17) is 11.6 Å².